The highest BCUT2D eigenvalue weighted by Gasteiger charge is 2.43. The SMILES string of the molecule is C[C@H](/C=C\S(C)(=O)=O)NC(=O)[C@@]1(F)CCCN(C(=O)N2CCN(CC(F)(F)F)CC2c2ccccc2Cl)CC1. The van der Waals surface area contributed by atoms with Crippen molar-refractivity contribution in [3.05, 3.63) is 46.3 Å². The molecule has 8 nitrogen and oxygen atoms in total. The van der Waals surface area contributed by atoms with E-state index in [-0.39, 0.29) is 52.0 Å². The number of urea groups is 1. The Kier molecular flexibility index (Phi) is 9.92. The molecule has 218 valence electrons. The van der Waals surface area contributed by atoms with Crippen molar-refractivity contribution in [1.82, 2.24) is 20.0 Å². The zero-order valence-corrected chi connectivity index (χ0v) is 23.3. The van der Waals surface area contributed by atoms with Crippen LogP contribution in [0.2, 0.25) is 5.02 Å². The second kappa shape index (κ2) is 12.4. The maximum atomic E-state index is 15.7. The van der Waals surface area contributed by atoms with Crippen molar-refractivity contribution in [3.8, 4) is 0 Å². The molecule has 39 heavy (non-hydrogen) atoms. The predicted octanol–water partition coefficient (Wildman–Crippen LogP) is 3.94. The number of alkyl halides is 4. The van der Waals surface area contributed by atoms with E-state index in [0.717, 1.165) is 11.7 Å². The minimum Gasteiger partial charge on any atom is -0.347 e. The van der Waals surface area contributed by atoms with Crippen LogP contribution in [0.5, 0.6) is 0 Å². The lowest BCUT2D eigenvalue weighted by atomic mass is 9.95. The topological polar surface area (TPSA) is 90.0 Å². The molecule has 3 rings (SSSR count). The first-order valence-electron chi connectivity index (χ1n) is 12.6. The highest BCUT2D eigenvalue weighted by Crippen LogP contribution is 2.34. The molecular weight excluding hydrogens is 564 g/mol. The van der Waals surface area contributed by atoms with E-state index in [1.807, 2.05) is 0 Å². The molecule has 1 N–H and O–H groups in total. The van der Waals surface area contributed by atoms with E-state index in [4.69, 9.17) is 11.6 Å². The van der Waals surface area contributed by atoms with Gasteiger partial charge in [-0.1, -0.05) is 35.9 Å². The van der Waals surface area contributed by atoms with Gasteiger partial charge < -0.3 is 15.1 Å². The van der Waals surface area contributed by atoms with E-state index in [9.17, 15) is 31.2 Å². The lowest BCUT2D eigenvalue weighted by Gasteiger charge is -2.43. The lowest BCUT2D eigenvalue weighted by Crippen LogP contribution is -2.56. The highest BCUT2D eigenvalue weighted by atomic mass is 35.5. The van der Waals surface area contributed by atoms with E-state index in [0.29, 0.717) is 10.6 Å². The third-order valence-corrected chi connectivity index (χ3v) is 7.80. The first-order chi connectivity index (χ1) is 18.1. The Morgan fingerprint density at radius 2 is 1.87 bits per heavy atom. The molecule has 0 radical (unpaired) electrons. The number of benzene rings is 1. The summed E-state index contributed by atoms with van der Waals surface area (Å²) in [5.74, 6) is -0.892. The Morgan fingerprint density at radius 1 is 1.18 bits per heavy atom. The minimum atomic E-state index is -4.40. The van der Waals surface area contributed by atoms with Crippen LogP contribution in [-0.4, -0.2) is 98.5 Å². The number of likely N-dealkylation sites (tertiary alicyclic amines) is 1. The standard InChI is InChI=1S/C25H33ClF4N4O4S/c1-18(8-15-39(2,37)38)31-22(35)24(27)9-5-11-33(12-10-24)23(36)34-14-13-32(17-25(28,29)30)16-21(34)19-6-3-4-7-20(19)26/h3-4,6-8,15,18,21H,5,9-14,16-17H2,1-2H3,(H,31,35)/b15-8-/t18-,21?,24-/m1/s1. The number of carbonyl (C=O) groups is 2. The number of halogens is 5. The van der Waals surface area contributed by atoms with E-state index in [1.165, 1.54) is 27.7 Å². The van der Waals surface area contributed by atoms with Crippen LogP contribution in [-0.2, 0) is 14.6 Å². The summed E-state index contributed by atoms with van der Waals surface area (Å²) in [7, 11) is -3.41. The summed E-state index contributed by atoms with van der Waals surface area (Å²) in [4.78, 5) is 30.4. The zero-order valence-electron chi connectivity index (χ0n) is 21.8. The molecular formula is C25H33ClF4N4O4S. The molecule has 2 aliphatic heterocycles. The lowest BCUT2D eigenvalue weighted by molar-refractivity contribution is -0.150. The number of piperazine rings is 1. The van der Waals surface area contributed by atoms with Crippen LogP contribution in [0.3, 0.4) is 0 Å². The Hall–Kier alpha value is -2.38. The first kappa shape index (κ1) is 31.2. The van der Waals surface area contributed by atoms with Crippen LogP contribution in [0.25, 0.3) is 0 Å². The van der Waals surface area contributed by atoms with Crippen LogP contribution in [0.1, 0.15) is 37.8 Å². The Balaban J connectivity index is 1.72. The second-order valence-electron chi connectivity index (χ2n) is 10.1. The third-order valence-electron chi connectivity index (χ3n) is 6.81. The van der Waals surface area contributed by atoms with Gasteiger partial charge in [-0.15, -0.1) is 0 Å². The Labute approximate surface area is 230 Å². The monoisotopic (exact) mass is 596 g/mol. The van der Waals surface area contributed by atoms with Gasteiger partial charge in [0.1, 0.15) is 0 Å². The molecule has 0 aromatic heterocycles. The molecule has 1 aromatic rings. The van der Waals surface area contributed by atoms with Gasteiger partial charge in [0.05, 0.1) is 12.6 Å². The highest BCUT2D eigenvalue weighted by molar-refractivity contribution is 7.93. The molecule has 0 saturated carbocycles. The quantitative estimate of drug-likeness (QED) is 0.503. The first-order valence-corrected chi connectivity index (χ1v) is 14.9. The molecule has 0 aliphatic carbocycles. The van der Waals surface area contributed by atoms with Crippen molar-refractivity contribution in [1.29, 1.82) is 0 Å². The molecule has 0 spiro atoms. The van der Waals surface area contributed by atoms with E-state index < -0.39 is 52.2 Å². The summed E-state index contributed by atoms with van der Waals surface area (Å²) >= 11 is 6.36. The molecule has 14 heteroatoms. The minimum absolute atomic E-state index is 0.00832. The van der Waals surface area contributed by atoms with Crippen molar-refractivity contribution >= 4 is 33.4 Å². The van der Waals surface area contributed by atoms with Crippen LogP contribution < -0.4 is 5.32 Å². The van der Waals surface area contributed by atoms with Crippen molar-refractivity contribution in [3.63, 3.8) is 0 Å². The molecule has 3 atom stereocenters. The van der Waals surface area contributed by atoms with Crippen LogP contribution in [0, 0.1) is 0 Å². The van der Waals surface area contributed by atoms with Gasteiger partial charge in [0.2, 0.25) is 0 Å². The number of sulfone groups is 1. The summed E-state index contributed by atoms with van der Waals surface area (Å²) in [6.45, 7) is 0.450. The summed E-state index contributed by atoms with van der Waals surface area (Å²) in [5, 5.41) is 3.72. The third kappa shape index (κ3) is 8.81. The number of hydrogen-bond donors (Lipinski definition) is 1. The summed E-state index contributed by atoms with van der Waals surface area (Å²) in [6, 6.07) is 4.73. The smallest absolute Gasteiger partial charge is 0.347 e. The van der Waals surface area contributed by atoms with Crippen LogP contribution in [0.4, 0.5) is 22.4 Å². The fraction of sp³-hybridized carbons (Fsp3) is 0.600. The summed E-state index contributed by atoms with van der Waals surface area (Å²) in [6.07, 6.45) is -2.38. The van der Waals surface area contributed by atoms with Gasteiger partial charge in [0.15, 0.2) is 15.5 Å². The number of nitrogens with one attached hydrogen (secondary N) is 1. The van der Waals surface area contributed by atoms with Gasteiger partial charge in [-0.2, -0.15) is 13.2 Å². The van der Waals surface area contributed by atoms with Crippen molar-refractivity contribution in [2.24, 2.45) is 0 Å². The molecule has 0 bridgehead atoms. The van der Waals surface area contributed by atoms with Crippen LogP contribution >= 0.6 is 11.6 Å². The van der Waals surface area contributed by atoms with Gasteiger partial charge in [-0.25, -0.2) is 17.6 Å². The largest absolute Gasteiger partial charge is 0.401 e. The van der Waals surface area contributed by atoms with E-state index in [2.05, 4.69) is 5.32 Å². The number of amides is 3. The average molecular weight is 597 g/mol. The van der Waals surface area contributed by atoms with Gasteiger partial charge in [0, 0.05) is 61.9 Å². The average Bonchev–Trinajstić information content (AvgIpc) is 3.04. The predicted molar refractivity (Wildman–Crippen MR) is 140 cm³/mol. The second-order valence-corrected chi connectivity index (χ2v) is 12.4. The maximum absolute atomic E-state index is 15.7. The molecule has 2 fully saturated rings. The molecule has 3 amide bonds. The van der Waals surface area contributed by atoms with Crippen molar-refractivity contribution in [2.45, 2.75) is 50.1 Å². The molecule has 2 aliphatic rings. The maximum Gasteiger partial charge on any atom is 0.401 e. The number of hydrogen-bond acceptors (Lipinski definition) is 5. The Bertz CT molecular complexity index is 1180. The van der Waals surface area contributed by atoms with Crippen molar-refractivity contribution < 1.29 is 35.6 Å². The van der Waals surface area contributed by atoms with Crippen LogP contribution in [0.15, 0.2) is 35.7 Å². The zero-order chi connectivity index (χ0) is 29.0. The van der Waals surface area contributed by atoms with E-state index >= 15 is 4.39 Å². The molecule has 1 aromatic carbocycles. The van der Waals surface area contributed by atoms with Gasteiger partial charge >= 0.3 is 12.2 Å². The molecule has 1 unspecified atom stereocenters. The molecule has 2 saturated heterocycles. The normalized spacial score (nSPS) is 24.4. The summed E-state index contributed by atoms with van der Waals surface area (Å²) in [5.41, 5.74) is -1.75. The summed E-state index contributed by atoms with van der Waals surface area (Å²) < 4.78 is 77.6. The number of nitrogens with zero attached hydrogens (tertiary/aromatic N) is 3. The van der Waals surface area contributed by atoms with E-state index in [1.54, 1.807) is 24.3 Å². The fourth-order valence-electron chi connectivity index (χ4n) is 4.82. The van der Waals surface area contributed by atoms with Gasteiger partial charge in [0.25, 0.3) is 5.91 Å². The van der Waals surface area contributed by atoms with Gasteiger partial charge in [-0.3, -0.25) is 9.69 Å². The van der Waals surface area contributed by atoms with Gasteiger partial charge in [-0.05, 0) is 31.4 Å². The fourth-order valence-corrected chi connectivity index (χ4v) is 5.60. The number of rotatable bonds is 6. The molecule has 2 heterocycles. The van der Waals surface area contributed by atoms with Crippen molar-refractivity contribution in [2.75, 3.05) is 45.5 Å². The number of carbonyl (C=O) groups excluding carboxylic acids is 2. The Morgan fingerprint density at radius 3 is 2.51 bits per heavy atom.